The Kier molecular flexibility index (Phi) is 6.87. The molecule has 134 valence electrons. The van der Waals surface area contributed by atoms with E-state index in [-0.39, 0.29) is 5.91 Å². The molecule has 2 aromatic rings. The van der Waals surface area contributed by atoms with E-state index >= 15 is 0 Å². The van der Waals surface area contributed by atoms with Gasteiger partial charge in [-0.05, 0) is 35.6 Å². The van der Waals surface area contributed by atoms with Crippen LogP contribution in [-0.4, -0.2) is 55.0 Å². The number of carbonyl (C=O) groups is 1. The summed E-state index contributed by atoms with van der Waals surface area (Å²) >= 11 is 7.79. The summed E-state index contributed by atoms with van der Waals surface area (Å²) in [6.07, 6.45) is 1.12. The Morgan fingerprint density at radius 1 is 1.12 bits per heavy atom. The highest BCUT2D eigenvalue weighted by molar-refractivity contribution is 7.09. The molecule has 3 rings (SSSR count). The molecule has 2 heterocycles. The van der Waals surface area contributed by atoms with Gasteiger partial charge in [0.15, 0.2) is 0 Å². The largest absolute Gasteiger partial charge is 0.351 e. The Morgan fingerprint density at radius 2 is 1.92 bits per heavy atom. The highest BCUT2D eigenvalue weighted by atomic mass is 35.5. The van der Waals surface area contributed by atoms with E-state index < -0.39 is 0 Å². The van der Waals surface area contributed by atoms with Gasteiger partial charge in [0.1, 0.15) is 0 Å². The zero-order chi connectivity index (χ0) is 17.5. The molecule has 0 bridgehead atoms. The molecule has 1 N–H and O–H groups in total. The van der Waals surface area contributed by atoms with Gasteiger partial charge in [-0.15, -0.1) is 11.3 Å². The molecule has 1 fully saturated rings. The molecule has 1 aliphatic heterocycles. The van der Waals surface area contributed by atoms with Crippen LogP contribution in [0.4, 0.5) is 0 Å². The molecule has 25 heavy (non-hydrogen) atoms. The molecule has 0 spiro atoms. The van der Waals surface area contributed by atoms with Crippen molar-refractivity contribution in [1.82, 2.24) is 15.1 Å². The average molecular weight is 378 g/mol. The van der Waals surface area contributed by atoms with Crippen LogP contribution in [0.3, 0.4) is 0 Å². The normalized spacial score (nSPS) is 16.0. The van der Waals surface area contributed by atoms with Crippen molar-refractivity contribution in [3.63, 3.8) is 0 Å². The Hall–Kier alpha value is -1.40. The molecule has 1 amide bonds. The van der Waals surface area contributed by atoms with Crippen LogP contribution in [0.1, 0.15) is 10.4 Å². The molecule has 0 saturated carbocycles. The van der Waals surface area contributed by atoms with Crippen molar-refractivity contribution in [1.29, 1.82) is 0 Å². The zero-order valence-electron chi connectivity index (χ0n) is 14.3. The number of hydrogen-bond acceptors (Lipinski definition) is 4. The number of halogens is 1. The maximum absolute atomic E-state index is 12.1. The lowest BCUT2D eigenvalue weighted by Gasteiger charge is -2.34. The number of rotatable bonds is 7. The second-order valence-electron chi connectivity index (χ2n) is 6.35. The molecule has 1 aromatic carbocycles. The van der Waals surface area contributed by atoms with Gasteiger partial charge in [-0.2, -0.15) is 0 Å². The number of hydrogen-bond donors (Lipinski definition) is 1. The van der Waals surface area contributed by atoms with Crippen molar-refractivity contribution >= 4 is 28.8 Å². The fraction of sp³-hybridized carbons (Fsp3) is 0.421. The lowest BCUT2D eigenvalue weighted by molar-refractivity contribution is -0.122. The Morgan fingerprint density at radius 3 is 2.64 bits per heavy atom. The minimum Gasteiger partial charge on any atom is -0.351 e. The van der Waals surface area contributed by atoms with E-state index in [4.69, 9.17) is 11.6 Å². The van der Waals surface area contributed by atoms with Crippen molar-refractivity contribution in [2.75, 3.05) is 39.3 Å². The number of piperazine rings is 1. The Bertz CT molecular complexity index is 669. The smallest absolute Gasteiger partial charge is 0.234 e. The van der Waals surface area contributed by atoms with Gasteiger partial charge in [-0.25, -0.2) is 0 Å². The van der Waals surface area contributed by atoms with Crippen molar-refractivity contribution < 1.29 is 4.79 Å². The minimum absolute atomic E-state index is 0.0759. The van der Waals surface area contributed by atoms with Gasteiger partial charge in [0, 0.05) is 49.2 Å². The van der Waals surface area contributed by atoms with Crippen LogP contribution < -0.4 is 5.32 Å². The van der Waals surface area contributed by atoms with E-state index in [1.807, 2.05) is 35.6 Å². The van der Waals surface area contributed by atoms with Crippen LogP contribution in [0.15, 0.2) is 41.8 Å². The van der Waals surface area contributed by atoms with Crippen LogP contribution in [0, 0.1) is 0 Å². The first-order chi connectivity index (χ1) is 12.2. The summed E-state index contributed by atoms with van der Waals surface area (Å²) in [5, 5.41) is 5.81. The average Bonchev–Trinajstić information content (AvgIpc) is 3.13. The summed E-state index contributed by atoms with van der Waals surface area (Å²) in [5.74, 6) is 0.0759. The number of nitrogens with zero attached hydrogens (tertiary/aromatic N) is 2. The number of thiophene rings is 1. The minimum atomic E-state index is 0.0759. The molecule has 0 aliphatic carbocycles. The monoisotopic (exact) mass is 377 g/mol. The number of benzene rings is 1. The number of carbonyl (C=O) groups excluding carboxylic acids is 1. The second kappa shape index (κ2) is 9.34. The quantitative estimate of drug-likeness (QED) is 0.805. The van der Waals surface area contributed by atoms with E-state index in [1.54, 1.807) is 0 Å². The zero-order valence-corrected chi connectivity index (χ0v) is 15.9. The van der Waals surface area contributed by atoms with Crippen molar-refractivity contribution in [2.45, 2.75) is 13.0 Å². The maximum atomic E-state index is 12.1. The molecular weight excluding hydrogens is 354 g/mol. The van der Waals surface area contributed by atoms with Crippen LogP contribution in [0.5, 0.6) is 0 Å². The van der Waals surface area contributed by atoms with Gasteiger partial charge in [0.05, 0.1) is 6.54 Å². The lowest BCUT2D eigenvalue weighted by atomic mass is 10.2. The van der Waals surface area contributed by atoms with Crippen LogP contribution in [0.25, 0.3) is 0 Å². The van der Waals surface area contributed by atoms with Crippen LogP contribution >= 0.6 is 22.9 Å². The van der Waals surface area contributed by atoms with E-state index in [1.165, 1.54) is 4.88 Å². The summed E-state index contributed by atoms with van der Waals surface area (Å²) in [4.78, 5) is 18.3. The van der Waals surface area contributed by atoms with Gasteiger partial charge >= 0.3 is 0 Å². The number of nitrogens with one attached hydrogen (secondary N) is 1. The highest BCUT2D eigenvalue weighted by Crippen LogP contribution is 2.11. The molecule has 4 nitrogen and oxygen atoms in total. The van der Waals surface area contributed by atoms with Crippen molar-refractivity contribution in [2.24, 2.45) is 0 Å². The Labute approximate surface area is 158 Å². The first kappa shape index (κ1) is 18.4. The topological polar surface area (TPSA) is 35.6 Å². The van der Waals surface area contributed by atoms with Crippen molar-refractivity contribution in [3.8, 4) is 0 Å². The summed E-state index contributed by atoms with van der Waals surface area (Å²) in [7, 11) is 0. The molecule has 1 saturated heterocycles. The van der Waals surface area contributed by atoms with Crippen LogP contribution in [-0.2, 0) is 17.8 Å². The first-order valence-electron chi connectivity index (χ1n) is 8.67. The summed E-state index contributed by atoms with van der Waals surface area (Å²) in [6, 6.07) is 11.9. The number of amides is 1. The first-order valence-corrected chi connectivity index (χ1v) is 9.93. The summed E-state index contributed by atoms with van der Waals surface area (Å²) in [6.45, 7) is 6.08. The third kappa shape index (κ3) is 6.12. The van der Waals surface area contributed by atoms with Gasteiger partial charge in [0.25, 0.3) is 0 Å². The van der Waals surface area contributed by atoms with Gasteiger partial charge in [-0.3, -0.25) is 9.69 Å². The molecule has 0 radical (unpaired) electrons. The van der Waals surface area contributed by atoms with Crippen LogP contribution in [0.2, 0.25) is 5.02 Å². The molecule has 1 aromatic heterocycles. The summed E-state index contributed by atoms with van der Waals surface area (Å²) in [5.41, 5.74) is 1.03. The SMILES string of the molecule is O=C(CN1CCN(CCc2cccs2)CC1)NCc1cccc(Cl)c1. The standard InChI is InChI=1S/C19H24ClN3OS/c20-17-4-1-3-16(13-17)14-21-19(24)15-23-10-8-22(9-11-23)7-6-18-5-2-12-25-18/h1-5,12-13H,6-11,14-15H2,(H,21,24). The second-order valence-corrected chi connectivity index (χ2v) is 7.82. The highest BCUT2D eigenvalue weighted by Gasteiger charge is 2.18. The maximum Gasteiger partial charge on any atom is 0.234 e. The summed E-state index contributed by atoms with van der Waals surface area (Å²) < 4.78 is 0. The molecular formula is C19H24ClN3OS. The van der Waals surface area contributed by atoms with E-state index in [0.29, 0.717) is 18.1 Å². The predicted molar refractivity (Wildman–Crippen MR) is 104 cm³/mol. The lowest BCUT2D eigenvalue weighted by Crippen LogP contribution is -2.49. The van der Waals surface area contributed by atoms with Gasteiger partial charge in [-0.1, -0.05) is 29.8 Å². The van der Waals surface area contributed by atoms with Gasteiger partial charge in [0.2, 0.25) is 5.91 Å². The van der Waals surface area contributed by atoms with E-state index in [0.717, 1.165) is 44.7 Å². The fourth-order valence-corrected chi connectivity index (χ4v) is 3.91. The molecule has 6 heteroatoms. The van der Waals surface area contributed by atoms with E-state index in [2.05, 4.69) is 32.6 Å². The van der Waals surface area contributed by atoms with E-state index in [9.17, 15) is 4.79 Å². The fourth-order valence-electron chi connectivity index (χ4n) is 3.00. The third-order valence-corrected chi connectivity index (χ3v) is 5.64. The third-order valence-electron chi connectivity index (χ3n) is 4.47. The molecule has 0 atom stereocenters. The van der Waals surface area contributed by atoms with Crippen molar-refractivity contribution in [3.05, 3.63) is 57.2 Å². The Balaban J connectivity index is 1.33. The predicted octanol–water partition coefficient (Wildman–Crippen LogP) is 2.88. The molecule has 1 aliphatic rings. The molecule has 0 unspecified atom stereocenters. The van der Waals surface area contributed by atoms with Gasteiger partial charge < -0.3 is 10.2 Å².